The van der Waals surface area contributed by atoms with Gasteiger partial charge in [0, 0.05) is 16.6 Å². The molecule has 0 bridgehead atoms. The minimum atomic E-state index is -0.932. The standard InChI is InChI=1S/C18H19FN2O3S/c1-10-7-11(2)13(4)18(12(10)3)25-9-17(22)20-14-5-6-15(19)16(8-14)21(23)24/h5-8H,9H2,1-4H3,(H,20,22). The molecular weight excluding hydrogens is 343 g/mol. The van der Waals surface area contributed by atoms with Crippen LogP contribution in [0.2, 0.25) is 0 Å². The Balaban J connectivity index is 2.10. The lowest BCUT2D eigenvalue weighted by Gasteiger charge is -2.14. The number of carbonyl (C=O) groups is 1. The van der Waals surface area contributed by atoms with Gasteiger partial charge in [-0.15, -0.1) is 11.8 Å². The molecular formula is C18H19FN2O3S. The maximum atomic E-state index is 13.3. The highest BCUT2D eigenvalue weighted by molar-refractivity contribution is 8.00. The Kier molecular flexibility index (Phi) is 5.79. The molecule has 2 aromatic rings. The summed E-state index contributed by atoms with van der Waals surface area (Å²) in [5.74, 6) is -1.07. The lowest BCUT2D eigenvalue weighted by molar-refractivity contribution is -0.387. The first-order valence-corrected chi connectivity index (χ1v) is 8.63. The number of hydrogen-bond acceptors (Lipinski definition) is 4. The highest BCUT2D eigenvalue weighted by atomic mass is 32.2. The van der Waals surface area contributed by atoms with Crippen molar-refractivity contribution in [3.8, 4) is 0 Å². The molecule has 0 aliphatic heterocycles. The van der Waals surface area contributed by atoms with E-state index in [1.165, 1.54) is 29.0 Å². The van der Waals surface area contributed by atoms with E-state index in [1.54, 1.807) is 0 Å². The zero-order valence-corrected chi connectivity index (χ0v) is 15.3. The van der Waals surface area contributed by atoms with Crippen LogP contribution in [0.25, 0.3) is 0 Å². The molecule has 0 aliphatic rings. The SMILES string of the molecule is Cc1cc(C)c(C)c(SCC(=O)Nc2ccc(F)c([N+](=O)[O-])c2)c1C. The number of benzene rings is 2. The van der Waals surface area contributed by atoms with Gasteiger partial charge in [-0.3, -0.25) is 14.9 Å². The van der Waals surface area contributed by atoms with E-state index < -0.39 is 16.4 Å². The van der Waals surface area contributed by atoms with Crippen molar-refractivity contribution in [3.63, 3.8) is 0 Å². The predicted octanol–water partition coefficient (Wildman–Crippen LogP) is 4.70. The Morgan fingerprint density at radius 1 is 1.16 bits per heavy atom. The third-order valence-corrected chi connectivity index (χ3v) is 5.38. The van der Waals surface area contributed by atoms with Crippen molar-refractivity contribution in [2.45, 2.75) is 32.6 Å². The van der Waals surface area contributed by atoms with E-state index in [1.807, 2.05) is 27.7 Å². The second-order valence-corrected chi connectivity index (χ2v) is 6.84. The van der Waals surface area contributed by atoms with Crippen LogP contribution < -0.4 is 5.32 Å². The van der Waals surface area contributed by atoms with Crippen LogP contribution in [-0.2, 0) is 4.79 Å². The van der Waals surface area contributed by atoms with Crippen molar-refractivity contribution in [1.29, 1.82) is 0 Å². The first kappa shape index (κ1) is 18.9. The van der Waals surface area contributed by atoms with E-state index in [4.69, 9.17) is 0 Å². The number of halogens is 1. The first-order chi connectivity index (χ1) is 11.7. The summed E-state index contributed by atoms with van der Waals surface area (Å²) in [5, 5.41) is 13.3. The van der Waals surface area contributed by atoms with Crippen molar-refractivity contribution in [2.75, 3.05) is 11.1 Å². The van der Waals surface area contributed by atoms with Crippen LogP contribution in [0.15, 0.2) is 29.2 Å². The minimum Gasteiger partial charge on any atom is -0.325 e. The number of carbonyl (C=O) groups excluding carboxylic acids is 1. The molecule has 5 nitrogen and oxygen atoms in total. The predicted molar refractivity (Wildman–Crippen MR) is 97.8 cm³/mol. The summed E-state index contributed by atoms with van der Waals surface area (Å²) in [7, 11) is 0. The van der Waals surface area contributed by atoms with Crippen molar-refractivity contribution in [2.24, 2.45) is 0 Å². The molecule has 0 atom stereocenters. The molecule has 0 aromatic heterocycles. The molecule has 0 saturated heterocycles. The van der Waals surface area contributed by atoms with Gasteiger partial charge in [-0.2, -0.15) is 4.39 Å². The summed E-state index contributed by atoms with van der Waals surface area (Å²) in [6.07, 6.45) is 0. The molecule has 25 heavy (non-hydrogen) atoms. The number of nitro groups is 1. The van der Waals surface area contributed by atoms with Gasteiger partial charge in [-0.1, -0.05) is 6.07 Å². The van der Waals surface area contributed by atoms with E-state index in [0.717, 1.165) is 28.2 Å². The fraction of sp³-hybridized carbons (Fsp3) is 0.278. The van der Waals surface area contributed by atoms with E-state index in [2.05, 4.69) is 11.4 Å². The van der Waals surface area contributed by atoms with Gasteiger partial charge in [0.15, 0.2) is 0 Å². The fourth-order valence-electron chi connectivity index (χ4n) is 2.46. The number of aryl methyl sites for hydroxylation is 2. The van der Waals surface area contributed by atoms with E-state index >= 15 is 0 Å². The first-order valence-electron chi connectivity index (χ1n) is 7.64. The molecule has 0 aliphatic carbocycles. The topological polar surface area (TPSA) is 72.2 Å². The summed E-state index contributed by atoms with van der Waals surface area (Å²) in [6.45, 7) is 8.10. The molecule has 2 aromatic carbocycles. The molecule has 2 rings (SSSR count). The summed E-state index contributed by atoms with van der Waals surface area (Å²) in [4.78, 5) is 23.2. The normalized spacial score (nSPS) is 10.6. The zero-order valence-electron chi connectivity index (χ0n) is 14.5. The molecule has 132 valence electrons. The number of nitrogens with one attached hydrogen (secondary N) is 1. The van der Waals surface area contributed by atoms with Crippen LogP contribution in [0, 0.1) is 43.6 Å². The monoisotopic (exact) mass is 362 g/mol. The van der Waals surface area contributed by atoms with Gasteiger partial charge < -0.3 is 5.32 Å². The summed E-state index contributed by atoms with van der Waals surface area (Å²) < 4.78 is 13.3. The third kappa shape index (κ3) is 4.36. The van der Waals surface area contributed by atoms with Crippen LogP contribution in [0.3, 0.4) is 0 Å². The smallest absolute Gasteiger partial charge is 0.306 e. The summed E-state index contributed by atoms with van der Waals surface area (Å²) >= 11 is 1.42. The Hall–Kier alpha value is -2.41. The zero-order chi connectivity index (χ0) is 18.7. The Morgan fingerprint density at radius 2 is 1.76 bits per heavy atom. The number of nitrogens with zero attached hydrogens (tertiary/aromatic N) is 1. The van der Waals surface area contributed by atoms with Crippen molar-refractivity contribution in [1.82, 2.24) is 0 Å². The van der Waals surface area contributed by atoms with Crippen LogP contribution in [-0.4, -0.2) is 16.6 Å². The highest BCUT2D eigenvalue weighted by Crippen LogP contribution is 2.31. The maximum absolute atomic E-state index is 13.3. The summed E-state index contributed by atoms with van der Waals surface area (Å²) in [6, 6.07) is 5.41. The van der Waals surface area contributed by atoms with Crippen molar-refractivity contribution in [3.05, 3.63) is 62.5 Å². The molecule has 0 unspecified atom stereocenters. The number of thioether (sulfide) groups is 1. The van der Waals surface area contributed by atoms with E-state index in [9.17, 15) is 19.3 Å². The Morgan fingerprint density at radius 3 is 2.32 bits per heavy atom. The lowest BCUT2D eigenvalue weighted by atomic mass is 10.0. The van der Waals surface area contributed by atoms with E-state index in [-0.39, 0.29) is 17.3 Å². The Labute approximate surface area is 149 Å². The highest BCUT2D eigenvalue weighted by Gasteiger charge is 2.16. The second kappa shape index (κ2) is 7.65. The summed E-state index contributed by atoms with van der Waals surface area (Å²) in [5.41, 5.74) is 4.15. The molecule has 7 heteroatoms. The van der Waals surface area contributed by atoms with Gasteiger partial charge in [-0.25, -0.2) is 0 Å². The number of anilines is 1. The molecule has 0 saturated carbocycles. The number of hydrogen-bond donors (Lipinski definition) is 1. The number of nitro benzene ring substituents is 1. The molecule has 0 radical (unpaired) electrons. The molecule has 0 fully saturated rings. The third-order valence-electron chi connectivity index (χ3n) is 4.07. The lowest BCUT2D eigenvalue weighted by Crippen LogP contribution is -2.14. The quantitative estimate of drug-likeness (QED) is 0.475. The molecule has 1 amide bonds. The van der Waals surface area contributed by atoms with Crippen LogP contribution >= 0.6 is 11.8 Å². The van der Waals surface area contributed by atoms with Crippen LogP contribution in [0.4, 0.5) is 15.8 Å². The van der Waals surface area contributed by atoms with Crippen LogP contribution in [0.5, 0.6) is 0 Å². The average Bonchev–Trinajstić information content (AvgIpc) is 2.54. The van der Waals surface area contributed by atoms with Gasteiger partial charge in [0.1, 0.15) is 0 Å². The average molecular weight is 362 g/mol. The van der Waals surface area contributed by atoms with Crippen LogP contribution in [0.1, 0.15) is 22.3 Å². The number of rotatable bonds is 5. The Bertz CT molecular complexity index is 826. The van der Waals surface area contributed by atoms with Gasteiger partial charge >= 0.3 is 5.69 Å². The molecule has 0 spiro atoms. The second-order valence-electron chi connectivity index (χ2n) is 5.85. The minimum absolute atomic E-state index is 0.162. The van der Waals surface area contributed by atoms with Gasteiger partial charge in [0.25, 0.3) is 0 Å². The van der Waals surface area contributed by atoms with Gasteiger partial charge in [0.05, 0.1) is 10.7 Å². The van der Waals surface area contributed by atoms with Gasteiger partial charge in [-0.05, 0) is 62.1 Å². The van der Waals surface area contributed by atoms with Crippen molar-refractivity contribution >= 4 is 29.0 Å². The van der Waals surface area contributed by atoms with Gasteiger partial charge in [0.2, 0.25) is 11.7 Å². The maximum Gasteiger partial charge on any atom is 0.306 e. The fourth-order valence-corrected chi connectivity index (χ4v) is 3.56. The number of amides is 1. The molecule has 1 N–H and O–H groups in total. The molecule has 0 heterocycles. The van der Waals surface area contributed by atoms with E-state index in [0.29, 0.717) is 0 Å². The largest absolute Gasteiger partial charge is 0.325 e. The van der Waals surface area contributed by atoms with Crippen molar-refractivity contribution < 1.29 is 14.1 Å².